The van der Waals surface area contributed by atoms with Crippen LogP contribution in [0, 0.1) is 0 Å². The van der Waals surface area contributed by atoms with Crippen molar-refractivity contribution in [1.29, 1.82) is 0 Å². The first-order valence-corrected chi connectivity index (χ1v) is 6.88. The molecule has 0 atom stereocenters. The molecule has 2 N–H and O–H groups in total. The lowest BCUT2D eigenvalue weighted by atomic mass is 10.1. The Labute approximate surface area is 113 Å². The Balaban J connectivity index is 2.18. The Morgan fingerprint density at radius 3 is 2.53 bits per heavy atom. The first-order valence-electron chi connectivity index (χ1n) is 6.88. The summed E-state index contributed by atoms with van der Waals surface area (Å²) in [5.41, 5.74) is 0.976. The fraction of sp³-hybridized carbons (Fsp3) is 0.533. The van der Waals surface area contributed by atoms with Gasteiger partial charge in [-0.3, -0.25) is 0 Å². The highest BCUT2D eigenvalue weighted by atomic mass is 16.5. The molecule has 2 rings (SSSR count). The van der Waals surface area contributed by atoms with Gasteiger partial charge in [0.05, 0.1) is 18.4 Å². The van der Waals surface area contributed by atoms with Crippen LogP contribution in [0.25, 0.3) is 0 Å². The number of nitrogens with one attached hydrogen (secondary N) is 1. The average Bonchev–Trinajstić information content (AvgIpc) is 2.67. The molecule has 1 aromatic rings. The van der Waals surface area contributed by atoms with E-state index in [4.69, 9.17) is 4.74 Å². The number of carboxylic acid groups (broad SMARTS) is 1. The summed E-state index contributed by atoms with van der Waals surface area (Å²) in [6.45, 7) is 0. The number of anilines is 1. The molecule has 4 heteroatoms. The van der Waals surface area contributed by atoms with Gasteiger partial charge < -0.3 is 15.2 Å². The molecule has 1 aromatic carbocycles. The number of hydrogen-bond donors (Lipinski definition) is 2. The van der Waals surface area contributed by atoms with E-state index >= 15 is 0 Å². The molecule has 0 aromatic heterocycles. The molecule has 1 aliphatic rings. The monoisotopic (exact) mass is 263 g/mol. The zero-order valence-electron chi connectivity index (χ0n) is 11.3. The van der Waals surface area contributed by atoms with Crippen molar-refractivity contribution < 1.29 is 14.6 Å². The Morgan fingerprint density at radius 2 is 1.95 bits per heavy atom. The number of carboxylic acids is 1. The lowest BCUT2D eigenvalue weighted by Crippen LogP contribution is -2.20. The summed E-state index contributed by atoms with van der Waals surface area (Å²) < 4.78 is 5.17. The normalized spacial score (nSPS) is 16.7. The molecule has 0 heterocycles. The van der Waals surface area contributed by atoms with Crippen LogP contribution in [0.5, 0.6) is 5.75 Å². The van der Waals surface area contributed by atoms with Crippen molar-refractivity contribution in [2.45, 2.75) is 44.6 Å². The molecule has 1 saturated carbocycles. The first-order chi connectivity index (χ1) is 9.20. The van der Waals surface area contributed by atoms with Gasteiger partial charge >= 0.3 is 5.97 Å². The molecule has 0 unspecified atom stereocenters. The van der Waals surface area contributed by atoms with Crippen molar-refractivity contribution in [3.63, 3.8) is 0 Å². The topological polar surface area (TPSA) is 58.6 Å². The van der Waals surface area contributed by atoms with E-state index in [1.807, 2.05) is 0 Å². The minimum absolute atomic E-state index is 0.310. The summed E-state index contributed by atoms with van der Waals surface area (Å²) >= 11 is 0. The number of rotatable bonds is 4. The molecule has 0 bridgehead atoms. The average molecular weight is 263 g/mol. The number of ether oxygens (including phenoxy) is 1. The van der Waals surface area contributed by atoms with E-state index in [9.17, 15) is 9.90 Å². The fourth-order valence-corrected chi connectivity index (χ4v) is 2.60. The summed E-state index contributed by atoms with van der Waals surface area (Å²) in [5, 5.41) is 12.6. The maximum Gasteiger partial charge on any atom is 0.337 e. The highest BCUT2D eigenvalue weighted by Crippen LogP contribution is 2.26. The van der Waals surface area contributed by atoms with Gasteiger partial charge in [-0.1, -0.05) is 25.7 Å². The van der Waals surface area contributed by atoms with E-state index < -0.39 is 5.97 Å². The predicted octanol–water partition coefficient (Wildman–Crippen LogP) is 3.53. The minimum Gasteiger partial charge on any atom is -0.497 e. The molecule has 104 valence electrons. The van der Waals surface area contributed by atoms with Gasteiger partial charge in [-0.05, 0) is 25.0 Å². The maximum atomic E-state index is 11.3. The van der Waals surface area contributed by atoms with E-state index in [0.29, 0.717) is 23.0 Å². The number of methoxy groups -OCH3 is 1. The molecule has 0 spiro atoms. The summed E-state index contributed by atoms with van der Waals surface area (Å²) in [7, 11) is 1.59. The van der Waals surface area contributed by atoms with Gasteiger partial charge in [0.15, 0.2) is 0 Å². The number of hydrogen-bond acceptors (Lipinski definition) is 3. The molecule has 0 aliphatic heterocycles. The van der Waals surface area contributed by atoms with Gasteiger partial charge in [-0.25, -0.2) is 4.79 Å². The Hall–Kier alpha value is -1.71. The molecule has 0 radical (unpaired) electrons. The standard InChI is InChI=1S/C15H21NO3/c1-19-12-8-9-13(15(17)18)14(10-12)16-11-6-4-2-3-5-7-11/h8-11,16H,2-7H2,1H3,(H,17,18). The Kier molecular flexibility index (Phi) is 4.66. The van der Waals surface area contributed by atoms with E-state index in [1.165, 1.54) is 25.7 Å². The van der Waals surface area contributed by atoms with Gasteiger partial charge in [0, 0.05) is 12.1 Å². The third-order valence-electron chi connectivity index (χ3n) is 3.67. The lowest BCUT2D eigenvalue weighted by Gasteiger charge is -2.19. The summed E-state index contributed by atoms with van der Waals surface area (Å²) in [6, 6.07) is 5.42. The zero-order chi connectivity index (χ0) is 13.7. The summed E-state index contributed by atoms with van der Waals surface area (Å²) in [4.78, 5) is 11.3. The van der Waals surface area contributed by atoms with Crippen LogP contribution in [-0.4, -0.2) is 24.2 Å². The van der Waals surface area contributed by atoms with Crippen molar-refractivity contribution in [3.8, 4) is 5.75 Å². The van der Waals surface area contributed by atoms with Crippen LogP contribution in [0.3, 0.4) is 0 Å². The van der Waals surface area contributed by atoms with Crippen molar-refractivity contribution >= 4 is 11.7 Å². The zero-order valence-corrected chi connectivity index (χ0v) is 11.3. The quantitative estimate of drug-likeness (QED) is 0.816. The minimum atomic E-state index is -0.904. The van der Waals surface area contributed by atoms with Crippen molar-refractivity contribution in [2.24, 2.45) is 0 Å². The third kappa shape index (κ3) is 3.63. The number of aromatic carboxylic acids is 1. The molecule has 0 amide bonds. The second-order valence-corrected chi connectivity index (χ2v) is 5.05. The molecule has 4 nitrogen and oxygen atoms in total. The number of benzene rings is 1. The lowest BCUT2D eigenvalue weighted by molar-refractivity contribution is 0.0698. The van der Waals surface area contributed by atoms with Crippen LogP contribution in [-0.2, 0) is 0 Å². The SMILES string of the molecule is COc1ccc(C(=O)O)c(NC2CCCCCC2)c1. The molecule has 0 saturated heterocycles. The molecule has 1 aliphatic carbocycles. The van der Waals surface area contributed by atoms with E-state index in [-0.39, 0.29) is 0 Å². The smallest absolute Gasteiger partial charge is 0.337 e. The molecule has 1 fully saturated rings. The highest BCUT2D eigenvalue weighted by Gasteiger charge is 2.16. The highest BCUT2D eigenvalue weighted by molar-refractivity contribution is 5.94. The maximum absolute atomic E-state index is 11.3. The van der Waals surface area contributed by atoms with Crippen LogP contribution >= 0.6 is 0 Å². The van der Waals surface area contributed by atoms with Crippen molar-refractivity contribution in [3.05, 3.63) is 23.8 Å². The van der Waals surface area contributed by atoms with Gasteiger partial charge in [0.1, 0.15) is 5.75 Å². The van der Waals surface area contributed by atoms with Gasteiger partial charge in [0.2, 0.25) is 0 Å². The van der Waals surface area contributed by atoms with Crippen molar-refractivity contribution in [2.75, 3.05) is 12.4 Å². The summed E-state index contributed by atoms with van der Waals surface area (Å²) in [6.07, 6.45) is 7.20. The van der Waals surface area contributed by atoms with Gasteiger partial charge in [-0.15, -0.1) is 0 Å². The first kappa shape index (κ1) is 13.7. The fourth-order valence-electron chi connectivity index (χ4n) is 2.60. The Morgan fingerprint density at radius 1 is 1.26 bits per heavy atom. The van der Waals surface area contributed by atoms with Crippen molar-refractivity contribution in [1.82, 2.24) is 0 Å². The van der Waals surface area contributed by atoms with Crippen LogP contribution in [0.15, 0.2) is 18.2 Å². The van der Waals surface area contributed by atoms with Crippen LogP contribution in [0.2, 0.25) is 0 Å². The largest absolute Gasteiger partial charge is 0.497 e. The van der Waals surface area contributed by atoms with Gasteiger partial charge in [0.25, 0.3) is 0 Å². The molecular formula is C15H21NO3. The van der Waals surface area contributed by atoms with Crippen LogP contribution in [0.1, 0.15) is 48.9 Å². The van der Waals surface area contributed by atoms with Crippen LogP contribution < -0.4 is 10.1 Å². The van der Waals surface area contributed by atoms with E-state index in [1.54, 1.807) is 25.3 Å². The van der Waals surface area contributed by atoms with Crippen LogP contribution in [0.4, 0.5) is 5.69 Å². The molecular weight excluding hydrogens is 242 g/mol. The van der Waals surface area contributed by atoms with E-state index in [0.717, 1.165) is 12.8 Å². The van der Waals surface area contributed by atoms with E-state index in [2.05, 4.69) is 5.32 Å². The summed E-state index contributed by atoms with van der Waals surface area (Å²) in [5.74, 6) is -0.222. The Bertz CT molecular complexity index is 437. The van der Waals surface area contributed by atoms with Gasteiger partial charge in [-0.2, -0.15) is 0 Å². The number of carbonyl (C=O) groups is 1. The second-order valence-electron chi connectivity index (χ2n) is 5.05. The molecule has 19 heavy (non-hydrogen) atoms. The predicted molar refractivity (Wildman–Crippen MR) is 75.1 cm³/mol. The third-order valence-corrected chi connectivity index (χ3v) is 3.67. The second kappa shape index (κ2) is 6.45.